The van der Waals surface area contributed by atoms with Crippen LogP contribution in [0.1, 0.15) is 12.5 Å². The van der Waals surface area contributed by atoms with E-state index in [1.807, 2.05) is 30.0 Å². The minimum absolute atomic E-state index is 0.344. The molecule has 0 fully saturated rings. The van der Waals surface area contributed by atoms with E-state index < -0.39 is 0 Å². The summed E-state index contributed by atoms with van der Waals surface area (Å²) in [6.07, 6.45) is 4.58. The van der Waals surface area contributed by atoms with E-state index in [1.54, 1.807) is 24.5 Å². The molecule has 1 aliphatic rings. The van der Waals surface area contributed by atoms with Gasteiger partial charge in [0.25, 0.3) is 0 Å². The summed E-state index contributed by atoms with van der Waals surface area (Å²) in [5.74, 6) is 0.678. The van der Waals surface area contributed by atoms with Crippen molar-refractivity contribution in [3.05, 3.63) is 58.3 Å². The van der Waals surface area contributed by atoms with Crippen LogP contribution in [-0.2, 0) is 0 Å². The molecule has 1 unspecified atom stereocenters. The summed E-state index contributed by atoms with van der Waals surface area (Å²) in [5.41, 5.74) is 7.86. The minimum Gasteiger partial charge on any atom is -0.321 e. The first kappa shape index (κ1) is 16.7. The number of hydrogen-bond acceptors (Lipinski definition) is 6. The summed E-state index contributed by atoms with van der Waals surface area (Å²) in [6, 6.07) is 9.11. The van der Waals surface area contributed by atoms with Gasteiger partial charge in [-0.1, -0.05) is 29.3 Å². The van der Waals surface area contributed by atoms with Crippen molar-refractivity contribution >= 4 is 41.1 Å². The molecule has 6 nitrogen and oxygen atoms in total. The number of amidine groups is 1. The Hall–Kier alpha value is -2.15. The predicted octanol–water partition coefficient (Wildman–Crippen LogP) is 3.40. The second-order valence-electron chi connectivity index (χ2n) is 4.98. The van der Waals surface area contributed by atoms with Crippen LogP contribution < -0.4 is 10.9 Å². The van der Waals surface area contributed by atoms with Crippen molar-refractivity contribution in [1.82, 2.24) is 15.3 Å². The highest BCUT2D eigenvalue weighted by Gasteiger charge is 2.26. The van der Waals surface area contributed by atoms with Gasteiger partial charge in [-0.3, -0.25) is 4.98 Å². The Balaban J connectivity index is 1.82. The summed E-state index contributed by atoms with van der Waals surface area (Å²) in [6.45, 7) is 2.69. The van der Waals surface area contributed by atoms with Gasteiger partial charge in [-0.25, -0.2) is 9.98 Å². The molecule has 2 heterocycles. The maximum atomic E-state index is 6.33. The molecule has 0 radical (unpaired) electrons. The van der Waals surface area contributed by atoms with Crippen LogP contribution in [0.3, 0.4) is 0 Å². The number of benzene rings is 1. The summed E-state index contributed by atoms with van der Waals surface area (Å²) >= 11 is 12.7. The molecule has 124 valence electrons. The molecule has 8 heteroatoms. The third kappa shape index (κ3) is 3.51. The summed E-state index contributed by atoms with van der Waals surface area (Å²) in [5, 5.41) is 1.10. The van der Waals surface area contributed by atoms with Crippen molar-refractivity contribution in [3.8, 4) is 0 Å². The molecule has 0 bridgehead atoms. The van der Waals surface area contributed by atoms with Crippen LogP contribution in [0.15, 0.2) is 52.7 Å². The van der Waals surface area contributed by atoms with Crippen molar-refractivity contribution in [2.75, 3.05) is 12.0 Å². The number of hydrazine groups is 1. The SMILES string of the molecule is CCN1C(c2c(Cl)cccc2Cl)=NC=NC1NNc1ccncc1. The van der Waals surface area contributed by atoms with E-state index in [-0.39, 0.29) is 6.29 Å². The third-order valence-corrected chi connectivity index (χ3v) is 4.14. The van der Waals surface area contributed by atoms with Gasteiger partial charge < -0.3 is 10.3 Å². The van der Waals surface area contributed by atoms with Crippen LogP contribution >= 0.6 is 23.2 Å². The standard InChI is InChI=1S/C16H16Cl2N6/c1-2-24-15(14-12(17)4-3-5-13(14)18)20-10-21-16(24)23-22-11-6-8-19-9-7-11/h3-10,16,23H,2H2,1H3,(H,19,22). The zero-order valence-electron chi connectivity index (χ0n) is 12.9. The number of rotatable bonds is 5. The van der Waals surface area contributed by atoms with Crippen LogP contribution in [0.2, 0.25) is 10.0 Å². The molecule has 1 atom stereocenters. The zero-order valence-corrected chi connectivity index (χ0v) is 14.5. The van der Waals surface area contributed by atoms with Crippen LogP contribution in [0.25, 0.3) is 0 Å². The maximum absolute atomic E-state index is 6.33. The van der Waals surface area contributed by atoms with Gasteiger partial charge in [0.05, 0.1) is 21.3 Å². The molecule has 2 N–H and O–H groups in total. The summed E-state index contributed by atoms with van der Waals surface area (Å²) in [4.78, 5) is 14.7. The highest BCUT2D eigenvalue weighted by atomic mass is 35.5. The van der Waals surface area contributed by atoms with Crippen LogP contribution in [0.5, 0.6) is 0 Å². The average Bonchev–Trinajstić information content (AvgIpc) is 2.61. The number of nitrogens with zero attached hydrogens (tertiary/aromatic N) is 4. The highest BCUT2D eigenvalue weighted by molar-refractivity contribution is 6.40. The van der Waals surface area contributed by atoms with Crippen molar-refractivity contribution in [2.24, 2.45) is 9.98 Å². The summed E-state index contributed by atoms with van der Waals surface area (Å²) < 4.78 is 0. The number of halogens is 2. The Morgan fingerprint density at radius 3 is 2.50 bits per heavy atom. The van der Waals surface area contributed by atoms with Crippen LogP contribution in [0.4, 0.5) is 5.69 Å². The van der Waals surface area contributed by atoms with Crippen LogP contribution in [-0.4, -0.2) is 34.9 Å². The normalized spacial score (nSPS) is 16.9. The lowest BCUT2D eigenvalue weighted by atomic mass is 10.1. The number of anilines is 1. The second kappa shape index (κ2) is 7.61. The molecule has 1 aliphatic heterocycles. The van der Waals surface area contributed by atoms with Crippen molar-refractivity contribution < 1.29 is 0 Å². The van der Waals surface area contributed by atoms with Gasteiger partial charge in [0.2, 0.25) is 0 Å². The topological polar surface area (TPSA) is 64.9 Å². The van der Waals surface area contributed by atoms with Gasteiger partial charge in [-0.05, 0) is 31.2 Å². The van der Waals surface area contributed by atoms with E-state index in [9.17, 15) is 0 Å². The Morgan fingerprint density at radius 1 is 1.12 bits per heavy atom. The molecule has 0 saturated heterocycles. The van der Waals surface area contributed by atoms with Gasteiger partial charge in [0.1, 0.15) is 12.2 Å². The Morgan fingerprint density at radius 2 is 1.83 bits per heavy atom. The van der Waals surface area contributed by atoms with E-state index in [0.29, 0.717) is 28.0 Å². The van der Waals surface area contributed by atoms with Crippen molar-refractivity contribution in [1.29, 1.82) is 0 Å². The van der Waals surface area contributed by atoms with Crippen molar-refractivity contribution in [3.63, 3.8) is 0 Å². The van der Waals surface area contributed by atoms with Crippen LogP contribution in [0, 0.1) is 0 Å². The first-order valence-corrected chi connectivity index (χ1v) is 8.18. The average molecular weight is 363 g/mol. The third-order valence-electron chi connectivity index (χ3n) is 3.51. The number of nitrogens with one attached hydrogen (secondary N) is 2. The largest absolute Gasteiger partial charge is 0.321 e. The monoisotopic (exact) mass is 362 g/mol. The first-order valence-electron chi connectivity index (χ1n) is 7.42. The zero-order chi connectivity index (χ0) is 16.9. The van der Waals surface area contributed by atoms with E-state index in [2.05, 4.69) is 25.8 Å². The molecule has 0 saturated carbocycles. The Kier molecular flexibility index (Phi) is 5.30. The first-order chi connectivity index (χ1) is 11.7. The Labute approximate surface area is 150 Å². The van der Waals surface area contributed by atoms with Gasteiger partial charge in [0, 0.05) is 18.9 Å². The molecule has 0 aliphatic carbocycles. The molecule has 2 aromatic rings. The fourth-order valence-electron chi connectivity index (χ4n) is 2.36. The smallest absolute Gasteiger partial charge is 0.195 e. The predicted molar refractivity (Wildman–Crippen MR) is 98.7 cm³/mol. The van der Waals surface area contributed by atoms with E-state index in [1.165, 1.54) is 6.34 Å². The van der Waals surface area contributed by atoms with E-state index >= 15 is 0 Å². The second-order valence-corrected chi connectivity index (χ2v) is 5.79. The maximum Gasteiger partial charge on any atom is 0.195 e. The van der Waals surface area contributed by atoms with E-state index in [4.69, 9.17) is 23.2 Å². The van der Waals surface area contributed by atoms with Gasteiger partial charge in [0.15, 0.2) is 6.29 Å². The quantitative estimate of drug-likeness (QED) is 0.800. The molecule has 0 amide bonds. The van der Waals surface area contributed by atoms with E-state index in [0.717, 1.165) is 5.69 Å². The number of hydrogen-bond donors (Lipinski definition) is 2. The molecule has 24 heavy (non-hydrogen) atoms. The molecular formula is C16H16Cl2N6. The summed E-state index contributed by atoms with van der Waals surface area (Å²) in [7, 11) is 0. The van der Waals surface area contributed by atoms with Crippen molar-refractivity contribution in [2.45, 2.75) is 13.2 Å². The van der Waals surface area contributed by atoms with Gasteiger partial charge in [-0.2, -0.15) is 5.43 Å². The molecule has 1 aromatic heterocycles. The molecular weight excluding hydrogens is 347 g/mol. The van der Waals surface area contributed by atoms with Gasteiger partial charge in [-0.15, -0.1) is 0 Å². The fraction of sp³-hybridized carbons (Fsp3) is 0.188. The minimum atomic E-state index is -0.344. The molecule has 0 spiro atoms. The lowest BCUT2D eigenvalue weighted by Gasteiger charge is -2.33. The number of aliphatic imine (C=N–C) groups is 2. The lowest BCUT2D eigenvalue weighted by molar-refractivity contribution is 0.294. The number of aromatic nitrogens is 1. The fourth-order valence-corrected chi connectivity index (χ4v) is 2.93. The molecule has 1 aromatic carbocycles. The lowest BCUT2D eigenvalue weighted by Crippen LogP contribution is -2.51. The highest BCUT2D eigenvalue weighted by Crippen LogP contribution is 2.27. The number of pyridine rings is 1. The molecule has 3 rings (SSSR count). The Bertz CT molecular complexity index is 742. The van der Waals surface area contributed by atoms with Gasteiger partial charge >= 0.3 is 0 Å².